The van der Waals surface area contributed by atoms with Crippen molar-refractivity contribution in [2.45, 2.75) is 25.8 Å². The maximum atomic E-state index is 5.91. The molecule has 0 saturated carbocycles. The number of aryl methyl sites for hydroxylation is 2. The van der Waals surface area contributed by atoms with Gasteiger partial charge >= 0.3 is 0 Å². The Morgan fingerprint density at radius 2 is 2.37 bits per heavy atom. The van der Waals surface area contributed by atoms with Crippen molar-refractivity contribution in [2.24, 2.45) is 12.8 Å². The largest absolute Gasteiger partial charge is 0.338 e. The molecule has 2 aromatic heterocycles. The maximum absolute atomic E-state index is 5.91. The summed E-state index contributed by atoms with van der Waals surface area (Å²) in [6.07, 6.45) is 3.84. The zero-order valence-corrected chi connectivity index (χ0v) is 11.3. The smallest absolute Gasteiger partial charge is 0.245 e. The molecule has 3 N–H and O–H groups in total. The van der Waals surface area contributed by atoms with Crippen LogP contribution in [0.3, 0.4) is 0 Å². The molecule has 1 aliphatic rings. The number of aromatic amines is 1. The van der Waals surface area contributed by atoms with Crippen molar-refractivity contribution in [3.05, 3.63) is 11.9 Å². The Balaban J connectivity index is 1.88. The summed E-state index contributed by atoms with van der Waals surface area (Å²) in [4.78, 5) is 6.69. The number of nitrogens with two attached hydrogens (primary N) is 1. The standard InChI is InChI=1S/C12H19N7/c1-3-10-9(7-18(2)17-10)11-14-12(16-15-11)19-5-4-8(13)6-19/h7-8H,3-6,13H2,1-2H3,(H,14,15,16). The molecule has 3 rings (SSSR count). The minimum atomic E-state index is 0.228. The average Bonchev–Trinajstić information content (AvgIpc) is 3.07. The second-order valence-electron chi connectivity index (χ2n) is 5.00. The fourth-order valence-corrected chi connectivity index (χ4v) is 2.48. The molecule has 7 nitrogen and oxygen atoms in total. The summed E-state index contributed by atoms with van der Waals surface area (Å²) < 4.78 is 1.81. The van der Waals surface area contributed by atoms with Crippen molar-refractivity contribution < 1.29 is 0 Å². The summed E-state index contributed by atoms with van der Waals surface area (Å²) >= 11 is 0. The van der Waals surface area contributed by atoms with E-state index in [1.54, 1.807) is 0 Å². The van der Waals surface area contributed by atoms with Gasteiger partial charge in [-0.2, -0.15) is 10.1 Å². The van der Waals surface area contributed by atoms with E-state index in [1.165, 1.54) is 0 Å². The lowest BCUT2D eigenvalue weighted by atomic mass is 10.2. The molecule has 3 heterocycles. The Kier molecular flexibility index (Phi) is 2.98. The number of H-pyrrole nitrogens is 1. The zero-order valence-electron chi connectivity index (χ0n) is 11.3. The van der Waals surface area contributed by atoms with Crippen LogP contribution in [-0.4, -0.2) is 44.1 Å². The van der Waals surface area contributed by atoms with Crippen molar-refractivity contribution in [3.63, 3.8) is 0 Å². The van der Waals surface area contributed by atoms with Crippen molar-refractivity contribution in [3.8, 4) is 11.4 Å². The molecule has 1 fully saturated rings. The van der Waals surface area contributed by atoms with Gasteiger partial charge in [-0.3, -0.25) is 9.78 Å². The predicted octanol–water partition coefficient (Wildman–Crippen LogP) is 0.305. The van der Waals surface area contributed by atoms with Gasteiger partial charge in [0.1, 0.15) is 0 Å². The minimum absolute atomic E-state index is 0.228. The lowest BCUT2D eigenvalue weighted by Crippen LogP contribution is -2.26. The van der Waals surface area contributed by atoms with Crippen molar-refractivity contribution in [1.29, 1.82) is 0 Å². The summed E-state index contributed by atoms with van der Waals surface area (Å²) in [7, 11) is 1.92. The number of nitrogens with one attached hydrogen (secondary N) is 1. The molecular weight excluding hydrogens is 242 g/mol. The Morgan fingerprint density at radius 3 is 3.05 bits per heavy atom. The molecule has 19 heavy (non-hydrogen) atoms. The van der Waals surface area contributed by atoms with Gasteiger partial charge in [0.15, 0.2) is 5.82 Å². The van der Waals surface area contributed by atoms with Gasteiger partial charge < -0.3 is 10.6 Å². The fraction of sp³-hybridized carbons (Fsp3) is 0.583. The van der Waals surface area contributed by atoms with Gasteiger partial charge in [0.2, 0.25) is 5.95 Å². The Hall–Kier alpha value is -1.89. The topological polar surface area (TPSA) is 88.7 Å². The summed E-state index contributed by atoms with van der Waals surface area (Å²) in [5.41, 5.74) is 7.96. The molecule has 7 heteroatoms. The van der Waals surface area contributed by atoms with Gasteiger partial charge in [0.25, 0.3) is 0 Å². The molecule has 2 aromatic rings. The number of nitrogens with zero attached hydrogens (tertiary/aromatic N) is 5. The van der Waals surface area contributed by atoms with Crippen molar-refractivity contribution in [1.82, 2.24) is 25.0 Å². The molecule has 0 radical (unpaired) electrons. The Morgan fingerprint density at radius 1 is 1.53 bits per heavy atom. The Labute approximate surface area is 111 Å². The van der Waals surface area contributed by atoms with Gasteiger partial charge in [-0.05, 0) is 12.8 Å². The third-order valence-corrected chi connectivity index (χ3v) is 3.48. The number of rotatable bonds is 3. The van der Waals surface area contributed by atoms with Crippen LogP contribution in [0.25, 0.3) is 11.4 Å². The lowest BCUT2D eigenvalue weighted by Gasteiger charge is -2.11. The summed E-state index contributed by atoms with van der Waals surface area (Å²) in [5, 5.41) is 11.7. The van der Waals surface area contributed by atoms with E-state index in [9.17, 15) is 0 Å². The number of aromatic nitrogens is 5. The van der Waals surface area contributed by atoms with E-state index in [4.69, 9.17) is 5.73 Å². The first kappa shape index (κ1) is 12.2. The first-order valence-corrected chi connectivity index (χ1v) is 6.63. The van der Waals surface area contributed by atoms with Crippen molar-refractivity contribution >= 4 is 5.95 Å². The molecule has 0 aliphatic carbocycles. The second-order valence-corrected chi connectivity index (χ2v) is 5.00. The van der Waals surface area contributed by atoms with Gasteiger partial charge in [0, 0.05) is 32.4 Å². The van der Waals surface area contributed by atoms with E-state index in [0.717, 1.165) is 49.0 Å². The van der Waals surface area contributed by atoms with Gasteiger partial charge in [-0.25, -0.2) is 0 Å². The summed E-state index contributed by atoms with van der Waals surface area (Å²) in [6, 6.07) is 0.228. The van der Waals surface area contributed by atoms with Crippen LogP contribution in [0, 0.1) is 0 Å². The first-order chi connectivity index (χ1) is 9.17. The van der Waals surface area contributed by atoms with E-state index >= 15 is 0 Å². The van der Waals surface area contributed by atoms with Gasteiger partial charge in [-0.1, -0.05) is 6.92 Å². The second kappa shape index (κ2) is 4.65. The van der Waals surface area contributed by atoms with Gasteiger partial charge in [0.05, 0.1) is 11.3 Å². The van der Waals surface area contributed by atoms with E-state index in [0.29, 0.717) is 0 Å². The highest BCUT2D eigenvalue weighted by Crippen LogP contribution is 2.22. The van der Waals surface area contributed by atoms with Gasteiger partial charge in [-0.15, -0.1) is 5.10 Å². The van der Waals surface area contributed by atoms with E-state index < -0.39 is 0 Å². The fourth-order valence-electron chi connectivity index (χ4n) is 2.48. The minimum Gasteiger partial charge on any atom is -0.338 e. The summed E-state index contributed by atoms with van der Waals surface area (Å²) in [6.45, 7) is 3.83. The van der Waals surface area contributed by atoms with E-state index in [1.807, 2.05) is 17.9 Å². The third-order valence-electron chi connectivity index (χ3n) is 3.48. The average molecular weight is 261 g/mol. The molecular formula is C12H19N7. The number of hydrogen-bond donors (Lipinski definition) is 2. The Bertz CT molecular complexity index is 570. The van der Waals surface area contributed by atoms with Crippen LogP contribution < -0.4 is 10.6 Å². The van der Waals surface area contributed by atoms with Crippen LogP contribution in [0.5, 0.6) is 0 Å². The SMILES string of the molecule is CCc1nn(C)cc1-c1nc(N2CCC(N)C2)n[nH]1. The normalized spacial score (nSPS) is 19.3. The van der Waals surface area contributed by atoms with Crippen LogP contribution in [0.2, 0.25) is 0 Å². The molecule has 102 valence electrons. The van der Waals surface area contributed by atoms with Crippen LogP contribution >= 0.6 is 0 Å². The van der Waals surface area contributed by atoms with Crippen LogP contribution in [-0.2, 0) is 13.5 Å². The van der Waals surface area contributed by atoms with E-state index in [-0.39, 0.29) is 6.04 Å². The lowest BCUT2D eigenvalue weighted by molar-refractivity contribution is 0.746. The number of hydrogen-bond acceptors (Lipinski definition) is 5. The molecule has 1 atom stereocenters. The molecule has 0 aromatic carbocycles. The van der Waals surface area contributed by atoms with E-state index in [2.05, 4.69) is 32.1 Å². The van der Waals surface area contributed by atoms with Crippen LogP contribution in [0.1, 0.15) is 19.0 Å². The molecule has 1 aliphatic heterocycles. The van der Waals surface area contributed by atoms with Crippen LogP contribution in [0.4, 0.5) is 5.95 Å². The predicted molar refractivity (Wildman–Crippen MR) is 72.8 cm³/mol. The zero-order chi connectivity index (χ0) is 13.4. The molecule has 1 unspecified atom stereocenters. The van der Waals surface area contributed by atoms with Crippen molar-refractivity contribution in [2.75, 3.05) is 18.0 Å². The first-order valence-electron chi connectivity index (χ1n) is 6.63. The quantitative estimate of drug-likeness (QED) is 0.830. The monoisotopic (exact) mass is 261 g/mol. The number of anilines is 1. The molecule has 0 bridgehead atoms. The maximum Gasteiger partial charge on any atom is 0.245 e. The molecule has 0 amide bonds. The molecule has 0 spiro atoms. The third kappa shape index (κ3) is 2.21. The van der Waals surface area contributed by atoms with Crippen LogP contribution in [0.15, 0.2) is 6.20 Å². The highest BCUT2D eigenvalue weighted by atomic mass is 15.4. The highest BCUT2D eigenvalue weighted by Gasteiger charge is 2.23. The highest BCUT2D eigenvalue weighted by molar-refractivity contribution is 5.58. The summed E-state index contributed by atoms with van der Waals surface area (Å²) in [5.74, 6) is 1.51. The molecule has 1 saturated heterocycles.